The monoisotopic (exact) mass is 190 g/mol. The van der Waals surface area contributed by atoms with Gasteiger partial charge in [-0.15, -0.1) is 0 Å². The van der Waals surface area contributed by atoms with E-state index in [1.807, 2.05) is 6.92 Å². The van der Waals surface area contributed by atoms with Gasteiger partial charge in [0.15, 0.2) is 0 Å². The first-order chi connectivity index (χ1) is 6.02. The zero-order valence-corrected chi connectivity index (χ0v) is 8.92. The molecule has 0 aromatic heterocycles. The average molecular weight is 190 g/mol. The minimum Gasteiger partial charge on any atom is -0.396 e. The molecular formula is C10H22O3. The molecule has 0 saturated carbocycles. The Hall–Kier alpha value is -0.120. The Kier molecular flexibility index (Phi) is 6.29. The fraction of sp³-hybridized carbons (Fsp3) is 1.00. The highest BCUT2D eigenvalue weighted by atomic mass is 16.5. The molecule has 0 spiro atoms. The third-order valence-electron chi connectivity index (χ3n) is 1.94. The van der Waals surface area contributed by atoms with Crippen molar-refractivity contribution >= 4 is 0 Å². The number of aliphatic hydroxyl groups excluding tert-OH is 1. The van der Waals surface area contributed by atoms with Gasteiger partial charge in [-0.1, -0.05) is 6.92 Å². The maximum absolute atomic E-state index is 9.72. The number of hydrogen-bond acceptors (Lipinski definition) is 3. The topological polar surface area (TPSA) is 49.7 Å². The van der Waals surface area contributed by atoms with Gasteiger partial charge in [0, 0.05) is 13.2 Å². The van der Waals surface area contributed by atoms with Crippen LogP contribution in [0.4, 0.5) is 0 Å². The lowest BCUT2D eigenvalue weighted by Gasteiger charge is -2.29. The van der Waals surface area contributed by atoms with Gasteiger partial charge in [-0.2, -0.15) is 0 Å². The van der Waals surface area contributed by atoms with Crippen LogP contribution in [0.5, 0.6) is 0 Å². The first-order valence-electron chi connectivity index (χ1n) is 4.97. The molecule has 1 unspecified atom stereocenters. The summed E-state index contributed by atoms with van der Waals surface area (Å²) in [6.45, 7) is 6.34. The van der Waals surface area contributed by atoms with Gasteiger partial charge in [0.25, 0.3) is 0 Å². The second-order valence-electron chi connectivity index (χ2n) is 3.88. The van der Waals surface area contributed by atoms with Crippen molar-refractivity contribution in [2.45, 2.75) is 51.7 Å². The molecule has 0 fully saturated rings. The molecule has 3 heteroatoms. The van der Waals surface area contributed by atoms with Crippen molar-refractivity contribution in [3.63, 3.8) is 0 Å². The number of aliphatic hydroxyl groups is 2. The van der Waals surface area contributed by atoms with E-state index >= 15 is 0 Å². The zero-order chi connectivity index (χ0) is 10.3. The van der Waals surface area contributed by atoms with E-state index in [1.54, 1.807) is 13.8 Å². The maximum Gasteiger partial charge on any atom is 0.0857 e. The van der Waals surface area contributed by atoms with Crippen LogP contribution < -0.4 is 0 Å². The molecule has 13 heavy (non-hydrogen) atoms. The lowest BCUT2D eigenvalue weighted by molar-refractivity contribution is -0.0929. The van der Waals surface area contributed by atoms with Crippen molar-refractivity contribution < 1.29 is 14.9 Å². The van der Waals surface area contributed by atoms with Crippen molar-refractivity contribution in [3.05, 3.63) is 0 Å². The first kappa shape index (κ1) is 12.9. The SMILES string of the molecule is CCCOC(CCCO)C(C)(C)O. The molecule has 0 aliphatic carbocycles. The van der Waals surface area contributed by atoms with Crippen LogP contribution >= 0.6 is 0 Å². The van der Waals surface area contributed by atoms with E-state index in [0.717, 1.165) is 6.42 Å². The lowest BCUT2D eigenvalue weighted by Crippen LogP contribution is -2.38. The summed E-state index contributed by atoms with van der Waals surface area (Å²) in [7, 11) is 0. The third kappa shape index (κ3) is 6.02. The number of ether oxygens (including phenoxy) is 1. The summed E-state index contributed by atoms with van der Waals surface area (Å²) in [5, 5.41) is 18.4. The van der Waals surface area contributed by atoms with E-state index in [9.17, 15) is 5.11 Å². The molecule has 0 saturated heterocycles. The van der Waals surface area contributed by atoms with Gasteiger partial charge in [0.2, 0.25) is 0 Å². The molecule has 1 atom stereocenters. The number of hydrogen-bond donors (Lipinski definition) is 2. The molecule has 80 valence electrons. The molecule has 0 heterocycles. The minimum atomic E-state index is -0.815. The van der Waals surface area contributed by atoms with Crippen LogP contribution in [0.1, 0.15) is 40.0 Å². The van der Waals surface area contributed by atoms with E-state index in [1.165, 1.54) is 0 Å². The highest BCUT2D eigenvalue weighted by Gasteiger charge is 2.26. The number of rotatable bonds is 7. The molecule has 0 aliphatic heterocycles. The molecular weight excluding hydrogens is 168 g/mol. The normalized spacial score (nSPS) is 14.5. The van der Waals surface area contributed by atoms with E-state index in [4.69, 9.17) is 9.84 Å². The summed E-state index contributed by atoms with van der Waals surface area (Å²) in [5.41, 5.74) is -0.815. The Bertz CT molecular complexity index is 110. The van der Waals surface area contributed by atoms with Crippen molar-refractivity contribution in [2.75, 3.05) is 13.2 Å². The van der Waals surface area contributed by atoms with E-state index in [0.29, 0.717) is 19.4 Å². The van der Waals surface area contributed by atoms with Gasteiger partial charge >= 0.3 is 0 Å². The summed E-state index contributed by atoms with van der Waals surface area (Å²) in [6.07, 6.45) is 2.17. The Morgan fingerprint density at radius 1 is 1.38 bits per heavy atom. The van der Waals surface area contributed by atoms with Gasteiger partial charge in [0.05, 0.1) is 11.7 Å². The summed E-state index contributed by atoms with van der Waals surface area (Å²) < 4.78 is 5.50. The Labute approximate surface area is 80.7 Å². The van der Waals surface area contributed by atoms with Crippen LogP contribution in [0.2, 0.25) is 0 Å². The van der Waals surface area contributed by atoms with Gasteiger partial charge in [-0.25, -0.2) is 0 Å². The molecule has 0 amide bonds. The molecule has 2 N–H and O–H groups in total. The molecule has 0 aliphatic rings. The molecule has 0 radical (unpaired) electrons. The van der Waals surface area contributed by atoms with Crippen LogP contribution in [-0.2, 0) is 4.74 Å². The molecule has 0 bridgehead atoms. The molecule has 0 aromatic rings. The van der Waals surface area contributed by atoms with Crippen molar-refractivity contribution in [3.8, 4) is 0 Å². The van der Waals surface area contributed by atoms with Crippen molar-refractivity contribution in [2.24, 2.45) is 0 Å². The van der Waals surface area contributed by atoms with Gasteiger partial charge in [-0.05, 0) is 33.1 Å². The molecule has 0 aromatic carbocycles. The Balaban J connectivity index is 3.88. The fourth-order valence-electron chi connectivity index (χ4n) is 1.18. The van der Waals surface area contributed by atoms with Crippen LogP contribution in [0.15, 0.2) is 0 Å². The maximum atomic E-state index is 9.72. The largest absolute Gasteiger partial charge is 0.396 e. The predicted octanol–water partition coefficient (Wildman–Crippen LogP) is 1.32. The van der Waals surface area contributed by atoms with Crippen molar-refractivity contribution in [1.29, 1.82) is 0 Å². The second kappa shape index (κ2) is 6.35. The van der Waals surface area contributed by atoms with Crippen LogP contribution in [0.25, 0.3) is 0 Å². The quantitative estimate of drug-likeness (QED) is 0.636. The summed E-state index contributed by atoms with van der Waals surface area (Å²) >= 11 is 0. The minimum absolute atomic E-state index is 0.155. The Morgan fingerprint density at radius 2 is 2.00 bits per heavy atom. The summed E-state index contributed by atoms with van der Waals surface area (Å²) in [5.74, 6) is 0. The lowest BCUT2D eigenvalue weighted by atomic mass is 9.97. The highest BCUT2D eigenvalue weighted by molar-refractivity contribution is 4.77. The van der Waals surface area contributed by atoms with Gasteiger partial charge in [-0.3, -0.25) is 0 Å². The van der Waals surface area contributed by atoms with Crippen LogP contribution in [0, 0.1) is 0 Å². The van der Waals surface area contributed by atoms with E-state index in [-0.39, 0.29) is 12.7 Å². The standard InChI is InChI=1S/C10H22O3/c1-4-8-13-9(6-5-7-11)10(2,3)12/h9,11-12H,4-8H2,1-3H3. The third-order valence-corrected chi connectivity index (χ3v) is 1.94. The predicted molar refractivity (Wildman–Crippen MR) is 52.6 cm³/mol. The average Bonchev–Trinajstić information content (AvgIpc) is 2.02. The smallest absolute Gasteiger partial charge is 0.0857 e. The highest BCUT2D eigenvalue weighted by Crippen LogP contribution is 2.17. The van der Waals surface area contributed by atoms with E-state index in [2.05, 4.69) is 0 Å². The summed E-state index contributed by atoms with van der Waals surface area (Å²) in [4.78, 5) is 0. The van der Waals surface area contributed by atoms with Crippen LogP contribution in [-0.4, -0.2) is 35.1 Å². The fourth-order valence-corrected chi connectivity index (χ4v) is 1.18. The molecule has 0 rings (SSSR count). The Morgan fingerprint density at radius 3 is 2.38 bits per heavy atom. The van der Waals surface area contributed by atoms with Gasteiger partial charge in [0.1, 0.15) is 0 Å². The van der Waals surface area contributed by atoms with Gasteiger partial charge < -0.3 is 14.9 Å². The van der Waals surface area contributed by atoms with Crippen LogP contribution in [0.3, 0.4) is 0 Å². The van der Waals surface area contributed by atoms with Crippen molar-refractivity contribution in [1.82, 2.24) is 0 Å². The van der Waals surface area contributed by atoms with E-state index < -0.39 is 5.60 Å². The first-order valence-corrected chi connectivity index (χ1v) is 4.97. The summed E-state index contributed by atoms with van der Waals surface area (Å²) in [6, 6.07) is 0. The second-order valence-corrected chi connectivity index (χ2v) is 3.88. The zero-order valence-electron chi connectivity index (χ0n) is 8.92. The molecule has 3 nitrogen and oxygen atoms in total.